The summed E-state index contributed by atoms with van der Waals surface area (Å²) in [5, 5.41) is 4.06. The molecule has 0 unspecified atom stereocenters. The maximum absolute atomic E-state index is 5.35. The fourth-order valence-electron chi connectivity index (χ4n) is 2.62. The smallest absolute Gasteiger partial charge is 0.227 e. The van der Waals surface area contributed by atoms with E-state index >= 15 is 0 Å². The third kappa shape index (κ3) is 2.54. The third-order valence-corrected chi connectivity index (χ3v) is 3.79. The first-order chi connectivity index (χ1) is 10.4. The Morgan fingerprint density at radius 3 is 3.10 bits per heavy atom. The first-order valence-corrected chi connectivity index (χ1v) is 7.21. The van der Waals surface area contributed by atoms with Crippen LogP contribution in [0.4, 0.5) is 0 Å². The van der Waals surface area contributed by atoms with E-state index in [1.54, 1.807) is 0 Å². The average Bonchev–Trinajstić information content (AvgIpc) is 3.23. The van der Waals surface area contributed by atoms with Gasteiger partial charge in [-0.25, -0.2) is 4.98 Å². The highest BCUT2D eigenvalue weighted by molar-refractivity contribution is 5.39. The van der Waals surface area contributed by atoms with Gasteiger partial charge in [0.1, 0.15) is 5.65 Å². The lowest BCUT2D eigenvalue weighted by molar-refractivity contribution is 0.192. The van der Waals surface area contributed by atoms with E-state index in [0.29, 0.717) is 18.9 Å². The normalized spacial score (nSPS) is 18.6. The zero-order chi connectivity index (χ0) is 14.1. The van der Waals surface area contributed by atoms with Crippen molar-refractivity contribution >= 4 is 5.65 Å². The summed E-state index contributed by atoms with van der Waals surface area (Å²) in [4.78, 5) is 9.03. The number of rotatable bonds is 4. The van der Waals surface area contributed by atoms with E-state index in [1.807, 2.05) is 35.0 Å². The Morgan fingerprint density at radius 2 is 2.24 bits per heavy atom. The molecule has 0 saturated carbocycles. The van der Waals surface area contributed by atoms with Gasteiger partial charge in [-0.1, -0.05) is 11.2 Å². The number of pyridine rings is 1. The fraction of sp³-hybridized carbons (Fsp3) is 0.400. The molecular weight excluding hydrogens is 268 g/mol. The molecular formula is C15H16N4O2. The first kappa shape index (κ1) is 12.5. The van der Waals surface area contributed by atoms with Crippen molar-refractivity contribution in [1.29, 1.82) is 0 Å². The van der Waals surface area contributed by atoms with Crippen LogP contribution < -0.4 is 0 Å². The Bertz CT molecular complexity index is 710. The number of aryl methyl sites for hydroxylation is 2. The molecule has 3 aromatic rings. The van der Waals surface area contributed by atoms with Gasteiger partial charge in [0, 0.05) is 31.3 Å². The lowest BCUT2D eigenvalue weighted by Crippen LogP contribution is -2.00. The molecule has 21 heavy (non-hydrogen) atoms. The monoisotopic (exact) mass is 284 g/mol. The van der Waals surface area contributed by atoms with Crippen molar-refractivity contribution in [3.63, 3.8) is 0 Å². The Kier molecular flexibility index (Phi) is 3.16. The van der Waals surface area contributed by atoms with Gasteiger partial charge >= 0.3 is 0 Å². The van der Waals surface area contributed by atoms with Gasteiger partial charge in [0.05, 0.1) is 12.3 Å². The predicted octanol–water partition coefficient (Wildman–Crippen LogP) is 2.01. The van der Waals surface area contributed by atoms with E-state index < -0.39 is 0 Å². The molecule has 6 nitrogen and oxygen atoms in total. The van der Waals surface area contributed by atoms with E-state index in [0.717, 1.165) is 36.6 Å². The zero-order valence-corrected chi connectivity index (χ0v) is 11.6. The van der Waals surface area contributed by atoms with Gasteiger partial charge in [0.15, 0.2) is 5.82 Å². The lowest BCUT2D eigenvalue weighted by atomic mass is 10.1. The van der Waals surface area contributed by atoms with Gasteiger partial charge < -0.3 is 13.7 Å². The van der Waals surface area contributed by atoms with Crippen molar-refractivity contribution in [3.8, 4) is 0 Å². The number of nitrogens with zero attached hydrogens (tertiary/aromatic N) is 4. The highest BCUT2D eigenvalue weighted by Gasteiger charge is 2.23. The van der Waals surface area contributed by atoms with Crippen molar-refractivity contribution in [3.05, 3.63) is 48.0 Å². The van der Waals surface area contributed by atoms with Gasteiger partial charge in [-0.2, -0.15) is 4.98 Å². The molecule has 0 radical (unpaired) electrons. The Hall–Kier alpha value is -2.21. The van der Waals surface area contributed by atoms with Crippen molar-refractivity contribution < 1.29 is 9.26 Å². The molecule has 0 aromatic carbocycles. The molecule has 1 aliphatic heterocycles. The molecule has 4 heterocycles. The number of hydrogen-bond acceptors (Lipinski definition) is 5. The third-order valence-electron chi connectivity index (χ3n) is 3.79. The van der Waals surface area contributed by atoms with Crippen LogP contribution in [-0.4, -0.2) is 32.7 Å². The SMILES string of the molecule is c1ccn2cc(CCc3nc([C@H]4CCOC4)no3)nc2c1. The second-order valence-electron chi connectivity index (χ2n) is 5.31. The molecule has 0 bridgehead atoms. The molecule has 108 valence electrons. The summed E-state index contributed by atoms with van der Waals surface area (Å²) >= 11 is 0. The summed E-state index contributed by atoms with van der Waals surface area (Å²) in [6.45, 7) is 1.49. The van der Waals surface area contributed by atoms with Crippen molar-refractivity contribution in [2.45, 2.75) is 25.2 Å². The summed E-state index contributed by atoms with van der Waals surface area (Å²) < 4.78 is 12.7. The van der Waals surface area contributed by atoms with E-state index in [2.05, 4.69) is 15.1 Å². The van der Waals surface area contributed by atoms with Gasteiger partial charge in [0.25, 0.3) is 0 Å². The molecule has 1 fully saturated rings. The summed E-state index contributed by atoms with van der Waals surface area (Å²) in [5.74, 6) is 1.74. The Labute approximate surface area is 121 Å². The number of ether oxygens (including phenoxy) is 1. The Balaban J connectivity index is 1.44. The zero-order valence-electron chi connectivity index (χ0n) is 11.6. The van der Waals surface area contributed by atoms with Crippen LogP contribution in [-0.2, 0) is 17.6 Å². The van der Waals surface area contributed by atoms with E-state index in [9.17, 15) is 0 Å². The summed E-state index contributed by atoms with van der Waals surface area (Å²) in [5.41, 5.74) is 1.99. The topological polar surface area (TPSA) is 65.5 Å². The Morgan fingerprint density at radius 1 is 1.24 bits per heavy atom. The van der Waals surface area contributed by atoms with Gasteiger partial charge in [-0.15, -0.1) is 0 Å². The standard InChI is InChI=1S/C15H16N4O2/c1-2-7-19-9-12(16-13(19)3-1)4-5-14-17-15(18-21-14)11-6-8-20-10-11/h1-3,7,9,11H,4-6,8,10H2/t11-/m0/s1. The maximum Gasteiger partial charge on any atom is 0.227 e. The minimum absolute atomic E-state index is 0.290. The summed E-state index contributed by atoms with van der Waals surface area (Å²) in [6.07, 6.45) is 6.52. The molecule has 0 N–H and O–H groups in total. The number of imidazole rings is 1. The molecule has 1 atom stereocenters. The highest BCUT2D eigenvalue weighted by atomic mass is 16.5. The van der Waals surface area contributed by atoms with Gasteiger partial charge in [0.2, 0.25) is 5.89 Å². The van der Waals surface area contributed by atoms with Crippen LogP contribution in [0.3, 0.4) is 0 Å². The van der Waals surface area contributed by atoms with Crippen LogP contribution >= 0.6 is 0 Å². The van der Waals surface area contributed by atoms with Crippen LogP contribution in [0.15, 0.2) is 35.1 Å². The minimum atomic E-state index is 0.290. The number of fused-ring (bicyclic) bond motifs is 1. The fourth-order valence-corrected chi connectivity index (χ4v) is 2.62. The van der Waals surface area contributed by atoms with Gasteiger partial charge in [-0.05, 0) is 25.0 Å². The molecule has 3 aromatic heterocycles. The van der Waals surface area contributed by atoms with Crippen LogP contribution in [0.2, 0.25) is 0 Å². The van der Waals surface area contributed by atoms with E-state index in [-0.39, 0.29) is 5.92 Å². The average molecular weight is 284 g/mol. The van der Waals surface area contributed by atoms with Crippen LogP contribution in [0.25, 0.3) is 5.65 Å². The van der Waals surface area contributed by atoms with Crippen LogP contribution in [0, 0.1) is 0 Å². The van der Waals surface area contributed by atoms with E-state index in [1.165, 1.54) is 0 Å². The van der Waals surface area contributed by atoms with E-state index in [4.69, 9.17) is 9.26 Å². The molecule has 6 heteroatoms. The molecule has 0 aliphatic carbocycles. The highest BCUT2D eigenvalue weighted by Crippen LogP contribution is 2.22. The second-order valence-corrected chi connectivity index (χ2v) is 5.31. The van der Waals surface area contributed by atoms with Gasteiger partial charge in [-0.3, -0.25) is 0 Å². The molecule has 0 spiro atoms. The lowest BCUT2D eigenvalue weighted by Gasteiger charge is -1.97. The first-order valence-electron chi connectivity index (χ1n) is 7.21. The van der Waals surface area contributed by atoms with Crippen molar-refractivity contribution in [2.24, 2.45) is 0 Å². The van der Waals surface area contributed by atoms with Crippen LogP contribution in [0.5, 0.6) is 0 Å². The van der Waals surface area contributed by atoms with Crippen LogP contribution in [0.1, 0.15) is 29.7 Å². The van der Waals surface area contributed by atoms with Crippen molar-refractivity contribution in [2.75, 3.05) is 13.2 Å². The summed E-state index contributed by atoms with van der Waals surface area (Å²) in [7, 11) is 0. The number of hydrogen-bond donors (Lipinski definition) is 0. The predicted molar refractivity (Wildman–Crippen MR) is 75.1 cm³/mol. The number of aromatic nitrogens is 4. The van der Waals surface area contributed by atoms with Crippen molar-refractivity contribution in [1.82, 2.24) is 19.5 Å². The quantitative estimate of drug-likeness (QED) is 0.733. The molecule has 1 saturated heterocycles. The largest absolute Gasteiger partial charge is 0.381 e. The maximum atomic E-state index is 5.35. The minimum Gasteiger partial charge on any atom is -0.381 e. The molecule has 0 amide bonds. The molecule has 1 aliphatic rings. The second kappa shape index (κ2) is 5.29. The molecule has 4 rings (SSSR count). The summed E-state index contributed by atoms with van der Waals surface area (Å²) in [6, 6.07) is 5.97.